The molecule has 0 N–H and O–H groups in total. The Morgan fingerprint density at radius 3 is 2.68 bits per heavy atom. The minimum Gasteiger partial charge on any atom is -0.0654 e. The fraction of sp³-hybridized carbons (Fsp3) is 0.364. The van der Waals surface area contributed by atoms with E-state index < -0.39 is 0 Å². The van der Waals surface area contributed by atoms with Crippen molar-refractivity contribution in [2.24, 2.45) is 0 Å². The highest BCUT2D eigenvalue weighted by Crippen LogP contribution is 2.40. The number of unbranched alkanes of at least 4 members (excludes halogenated alkanes) is 1. The van der Waals surface area contributed by atoms with E-state index in [1.54, 1.807) is 11.1 Å². The average molecular weight is 288 g/mol. The average Bonchev–Trinajstić information content (AvgIpc) is 2.59. The van der Waals surface area contributed by atoms with Gasteiger partial charge in [-0.1, -0.05) is 68.3 Å². The molecule has 4 rings (SSSR count). The number of aryl methyl sites for hydroxylation is 1. The molecule has 1 unspecified atom stereocenters. The second kappa shape index (κ2) is 5.76. The lowest BCUT2D eigenvalue weighted by molar-refractivity contribution is 0.503. The van der Waals surface area contributed by atoms with Crippen LogP contribution in [0.1, 0.15) is 56.1 Å². The van der Waals surface area contributed by atoms with Gasteiger partial charge in [0.05, 0.1) is 0 Å². The molecule has 3 aromatic rings. The third-order valence-corrected chi connectivity index (χ3v) is 5.40. The van der Waals surface area contributed by atoms with E-state index in [2.05, 4.69) is 55.5 Å². The van der Waals surface area contributed by atoms with Crippen molar-refractivity contribution in [2.75, 3.05) is 0 Å². The molecule has 0 aromatic heterocycles. The Bertz CT molecular complexity index is 813. The smallest absolute Gasteiger partial charge is 0.0102 e. The highest BCUT2D eigenvalue weighted by atomic mass is 14.3. The fourth-order valence-corrected chi connectivity index (χ4v) is 4.26. The molecule has 0 heterocycles. The van der Waals surface area contributed by atoms with Crippen LogP contribution in [0.5, 0.6) is 0 Å². The van der Waals surface area contributed by atoms with Crippen molar-refractivity contribution in [2.45, 2.75) is 51.4 Å². The summed E-state index contributed by atoms with van der Waals surface area (Å²) in [5.74, 6) is 0.791. The molecule has 0 heteroatoms. The molecule has 1 atom stereocenters. The minimum absolute atomic E-state index is 0.791. The Hall–Kier alpha value is -1.82. The van der Waals surface area contributed by atoms with E-state index in [1.807, 2.05) is 0 Å². The van der Waals surface area contributed by atoms with Crippen molar-refractivity contribution in [3.05, 3.63) is 59.7 Å². The predicted octanol–water partition coefficient (Wildman–Crippen LogP) is 6.60. The van der Waals surface area contributed by atoms with Crippen LogP contribution in [0.25, 0.3) is 21.5 Å². The van der Waals surface area contributed by atoms with Crippen LogP contribution in [0, 0.1) is 0 Å². The monoisotopic (exact) mass is 288 g/mol. The van der Waals surface area contributed by atoms with Crippen LogP contribution in [0.3, 0.4) is 0 Å². The molecular weight excluding hydrogens is 264 g/mol. The molecule has 0 fully saturated rings. The van der Waals surface area contributed by atoms with Crippen LogP contribution in [0.15, 0.2) is 48.5 Å². The molecule has 22 heavy (non-hydrogen) atoms. The van der Waals surface area contributed by atoms with Crippen LogP contribution in [0.2, 0.25) is 0 Å². The van der Waals surface area contributed by atoms with E-state index in [4.69, 9.17) is 0 Å². The van der Waals surface area contributed by atoms with Gasteiger partial charge >= 0.3 is 0 Å². The van der Waals surface area contributed by atoms with Crippen LogP contribution in [0.4, 0.5) is 0 Å². The van der Waals surface area contributed by atoms with Gasteiger partial charge in [0.15, 0.2) is 0 Å². The summed E-state index contributed by atoms with van der Waals surface area (Å²) in [7, 11) is 0. The fourth-order valence-electron chi connectivity index (χ4n) is 4.26. The molecule has 0 saturated heterocycles. The van der Waals surface area contributed by atoms with Crippen molar-refractivity contribution < 1.29 is 0 Å². The van der Waals surface area contributed by atoms with E-state index in [0.29, 0.717) is 0 Å². The van der Waals surface area contributed by atoms with Gasteiger partial charge in [-0.25, -0.2) is 0 Å². The standard InChI is InChI=1S/C22H24/c1-2-3-7-16-9-6-11-20-19(16)14-15-21-18-10-5-4-8-17(18)12-13-22(20)21/h4-5,8,10,12-16H,2-3,6-7,9,11H2,1H3. The largest absolute Gasteiger partial charge is 0.0654 e. The summed E-state index contributed by atoms with van der Waals surface area (Å²) in [4.78, 5) is 0. The molecule has 1 aliphatic rings. The van der Waals surface area contributed by atoms with Crippen LogP contribution < -0.4 is 0 Å². The van der Waals surface area contributed by atoms with E-state index >= 15 is 0 Å². The number of rotatable bonds is 3. The quantitative estimate of drug-likeness (QED) is 0.476. The summed E-state index contributed by atoms with van der Waals surface area (Å²) in [6.07, 6.45) is 8.03. The molecule has 0 amide bonds. The normalized spacial score (nSPS) is 17.8. The Labute approximate surface area is 133 Å². The van der Waals surface area contributed by atoms with Gasteiger partial charge in [-0.05, 0) is 64.3 Å². The van der Waals surface area contributed by atoms with Gasteiger partial charge in [-0.15, -0.1) is 0 Å². The highest BCUT2D eigenvalue weighted by molar-refractivity contribution is 6.08. The molecule has 112 valence electrons. The topological polar surface area (TPSA) is 0 Å². The lowest BCUT2D eigenvalue weighted by Gasteiger charge is -2.27. The first-order valence-corrected chi connectivity index (χ1v) is 8.81. The summed E-state index contributed by atoms with van der Waals surface area (Å²) >= 11 is 0. The molecule has 0 nitrogen and oxygen atoms in total. The van der Waals surface area contributed by atoms with Crippen molar-refractivity contribution in [1.82, 2.24) is 0 Å². The zero-order valence-electron chi connectivity index (χ0n) is 13.4. The molecule has 0 bridgehead atoms. The zero-order valence-corrected chi connectivity index (χ0v) is 13.4. The molecule has 0 radical (unpaired) electrons. The van der Waals surface area contributed by atoms with Crippen LogP contribution >= 0.6 is 0 Å². The third kappa shape index (κ3) is 2.22. The van der Waals surface area contributed by atoms with E-state index in [-0.39, 0.29) is 0 Å². The summed E-state index contributed by atoms with van der Waals surface area (Å²) in [5, 5.41) is 5.69. The van der Waals surface area contributed by atoms with Crippen molar-refractivity contribution in [3.8, 4) is 0 Å². The third-order valence-electron chi connectivity index (χ3n) is 5.40. The van der Waals surface area contributed by atoms with Gasteiger partial charge in [0, 0.05) is 0 Å². The Morgan fingerprint density at radius 2 is 1.77 bits per heavy atom. The molecule has 0 saturated carbocycles. The van der Waals surface area contributed by atoms with Gasteiger partial charge in [0.25, 0.3) is 0 Å². The van der Waals surface area contributed by atoms with Gasteiger partial charge < -0.3 is 0 Å². The Kier molecular flexibility index (Phi) is 3.62. The Balaban J connectivity index is 1.90. The number of hydrogen-bond acceptors (Lipinski definition) is 0. The SMILES string of the molecule is CCCCC1CCCc2c1ccc1c2ccc2ccccc21. The van der Waals surface area contributed by atoms with E-state index in [9.17, 15) is 0 Å². The maximum absolute atomic E-state index is 2.43. The maximum Gasteiger partial charge on any atom is -0.0102 e. The zero-order chi connectivity index (χ0) is 14.9. The summed E-state index contributed by atoms with van der Waals surface area (Å²) in [6, 6.07) is 18.2. The molecule has 3 aromatic carbocycles. The number of hydrogen-bond donors (Lipinski definition) is 0. The second-order valence-electron chi connectivity index (χ2n) is 6.75. The second-order valence-corrected chi connectivity index (χ2v) is 6.75. The van der Waals surface area contributed by atoms with Crippen LogP contribution in [-0.4, -0.2) is 0 Å². The summed E-state index contributed by atoms with van der Waals surface area (Å²) < 4.78 is 0. The molecular formula is C22H24. The lowest BCUT2D eigenvalue weighted by Crippen LogP contribution is -2.10. The summed E-state index contributed by atoms with van der Waals surface area (Å²) in [6.45, 7) is 2.30. The maximum atomic E-state index is 2.43. The van der Waals surface area contributed by atoms with Crippen LogP contribution in [-0.2, 0) is 6.42 Å². The van der Waals surface area contributed by atoms with Crippen molar-refractivity contribution in [3.63, 3.8) is 0 Å². The van der Waals surface area contributed by atoms with Gasteiger partial charge in [0.2, 0.25) is 0 Å². The van der Waals surface area contributed by atoms with Crippen molar-refractivity contribution >= 4 is 21.5 Å². The molecule has 1 aliphatic carbocycles. The highest BCUT2D eigenvalue weighted by Gasteiger charge is 2.21. The lowest BCUT2D eigenvalue weighted by atomic mass is 9.78. The van der Waals surface area contributed by atoms with Crippen molar-refractivity contribution in [1.29, 1.82) is 0 Å². The summed E-state index contributed by atoms with van der Waals surface area (Å²) in [5.41, 5.74) is 3.28. The first-order valence-electron chi connectivity index (χ1n) is 8.81. The number of fused-ring (bicyclic) bond motifs is 5. The van der Waals surface area contributed by atoms with Gasteiger partial charge in [-0.2, -0.15) is 0 Å². The molecule has 0 spiro atoms. The Morgan fingerprint density at radius 1 is 0.909 bits per heavy atom. The first-order chi connectivity index (χ1) is 10.9. The van der Waals surface area contributed by atoms with E-state index in [0.717, 1.165) is 5.92 Å². The van der Waals surface area contributed by atoms with Gasteiger partial charge in [0.1, 0.15) is 0 Å². The van der Waals surface area contributed by atoms with Gasteiger partial charge in [-0.3, -0.25) is 0 Å². The first kappa shape index (κ1) is 13.8. The van der Waals surface area contributed by atoms with E-state index in [1.165, 1.54) is 60.1 Å². The minimum atomic E-state index is 0.791. The molecule has 0 aliphatic heterocycles. The number of benzene rings is 3. The predicted molar refractivity (Wildman–Crippen MR) is 96.7 cm³/mol.